The van der Waals surface area contributed by atoms with Crippen LogP contribution in [-0.2, 0) is 14.3 Å². The highest BCUT2D eigenvalue weighted by Gasteiger charge is 2.58. The summed E-state index contributed by atoms with van der Waals surface area (Å²) in [6.45, 7) is 6.74. The first-order chi connectivity index (χ1) is 20.0. The van der Waals surface area contributed by atoms with E-state index in [0.717, 1.165) is 19.3 Å². The minimum Gasteiger partial charge on any atom is -0.444 e. The topological polar surface area (TPSA) is 91.0 Å². The quantitative estimate of drug-likeness (QED) is 0.425. The van der Waals surface area contributed by atoms with Gasteiger partial charge in [-0.25, -0.2) is 13.6 Å². The van der Waals surface area contributed by atoms with Gasteiger partial charge < -0.3 is 25.2 Å². The van der Waals surface area contributed by atoms with Crippen LogP contribution in [0.5, 0.6) is 0 Å². The van der Waals surface area contributed by atoms with Gasteiger partial charge in [-0.3, -0.25) is 9.59 Å². The Morgan fingerprint density at radius 3 is 2.50 bits per heavy atom. The van der Waals surface area contributed by atoms with E-state index >= 15 is 0 Å². The van der Waals surface area contributed by atoms with Gasteiger partial charge in [-0.15, -0.1) is 0 Å². The number of nitrogens with one attached hydrogen (secondary N) is 2. The third kappa shape index (κ3) is 7.06. The van der Waals surface area contributed by atoms with Gasteiger partial charge in [0.1, 0.15) is 17.7 Å². The number of amides is 3. The van der Waals surface area contributed by atoms with Crippen molar-refractivity contribution in [3.8, 4) is 0 Å². The molecule has 2 N–H and O–H groups in total. The Hall–Kier alpha value is -2.75. The van der Waals surface area contributed by atoms with Crippen LogP contribution in [0, 0.1) is 5.92 Å². The average molecular weight is 589 g/mol. The fourth-order valence-corrected chi connectivity index (χ4v) is 7.30. The van der Waals surface area contributed by atoms with Gasteiger partial charge in [-0.2, -0.15) is 0 Å². The van der Waals surface area contributed by atoms with Crippen LogP contribution >= 0.6 is 0 Å². The number of benzene rings is 1. The Balaban J connectivity index is 1.34. The summed E-state index contributed by atoms with van der Waals surface area (Å²) in [7, 11) is 0. The summed E-state index contributed by atoms with van der Waals surface area (Å²) in [4.78, 5) is 45.0. The number of hydrogen-bond donors (Lipinski definition) is 2. The fraction of sp³-hybridized carbons (Fsp3) is 0.719. The number of alkyl carbamates (subject to hydrolysis) is 1. The summed E-state index contributed by atoms with van der Waals surface area (Å²) in [5.74, 6) is 0.201. The normalized spacial score (nSPS) is 28.9. The molecule has 3 heterocycles. The monoisotopic (exact) mass is 588 g/mol. The van der Waals surface area contributed by atoms with E-state index in [1.807, 2.05) is 18.2 Å². The van der Waals surface area contributed by atoms with Crippen LogP contribution < -0.4 is 10.6 Å². The second kappa shape index (κ2) is 12.5. The van der Waals surface area contributed by atoms with Gasteiger partial charge in [-0.1, -0.05) is 30.3 Å². The first-order valence-electron chi connectivity index (χ1n) is 15.6. The standard InChI is InChI=1S/C32H46F2N4O4/c1-31(2,3)42-30(41)36-25-11-9-21(19-35-16-13-27(33)34)17-24-10-12-26(38(24)28(25)39)29(40)37-20-23(18-32(37)14-15-32)22-7-5-4-6-8-22/h4-8,21,23-27,35H,9-20H2,1-3H3,(H,36,41)/t21-,23+,24+,25-,26-/m0/s1. The van der Waals surface area contributed by atoms with Crippen LogP contribution in [0.2, 0.25) is 0 Å². The molecule has 8 nitrogen and oxygen atoms in total. The Bertz CT molecular complexity index is 1120. The molecule has 1 aromatic rings. The lowest BCUT2D eigenvalue weighted by molar-refractivity contribution is -0.148. The zero-order chi connectivity index (χ0) is 30.1. The van der Waals surface area contributed by atoms with E-state index in [9.17, 15) is 23.2 Å². The minimum atomic E-state index is -2.35. The van der Waals surface area contributed by atoms with Gasteiger partial charge in [0.15, 0.2) is 0 Å². The van der Waals surface area contributed by atoms with Crippen LogP contribution in [0.1, 0.15) is 90.0 Å². The number of hydrogen-bond acceptors (Lipinski definition) is 5. The number of rotatable bonds is 8. The number of carbonyl (C=O) groups is 3. The molecule has 1 aliphatic carbocycles. The van der Waals surface area contributed by atoms with Gasteiger partial charge in [-0.05, 0) is 90.2 Å². The molecule has 232 valence electrons. The molecule has 42 heavy (non-hydrogen) atoms. The number of likely N-dealkylation sites (tertiary alicyclic amines) is 1. The van der Waals surface area contributed by atoms with Gasteiger partial charge in [0, 0.05) is 37.0 Å². The number of carbonyl (C=O) groups excluding carboxylic acids is 3. The lowest BCUT2D eigenvalue weighted by Crippen LogP contribution is -2.58. The van der Waals surface area contributed by atoms with Gasteiger partial charge in [0.05, 0.1) is 0 Å². The molecule has 0 unspecified atom stereocenters. The van der Waals surface area contributed by atoms with Crippen molar-refractivity contribution in [3.05, 3.63) is 35.9 Å². The molecule has 1 aromatic carbocycles. The summed E-state index contributed by atoms with van der Waals surface area (Å²) in [6, 6.07) is 8.82. The Morgan fingerprint density at radius 1 is 1.10 bits per heavy atom. The molecule has 5 atom stereocenters. The first-order valence-corrected chi connectivity index (χ1v) is 15.6. The molecular weight excluding hydrogens is 542 g/mol. The maximum absolute atomic E-state index is 14.3. The van der Waals surface area contributed by atoms with Crippen molar-refractivity contribution in [2.45, 2.75) is 120 Å². The lowest BCUT2D eigenvalue weighted by atomic mass is 9.89. The van der Waals surface area contributed by atoms with Crippen molar-refractivity contribution < 1.29 is 27.9 Å². The van der Waals surface area contributed by atoms with Crippen molar-refractivity contribution in [3.63, 3.8) is 0 Å². The molecule has 4 fully saturated rings. The van der Waals surface area contributed by atoms with E-state index in [-0.39, 0.29) is 48.2 Å². The van der Waals surface area contributed by atoms with Gasteiger partial charge >= 0.3 is 6.09 Å². The van der Waals surface area contributed by atoms with E-state index < -0.39 is 30.2 Å². The van der Waals surface area contributed by atoms with E-state index in [0.29, 0.717) is 45.2 Å². The molecule has 3 amide bonds. The van der Waals surface area contributed by atoms with Crippen LogP contribution in [0.4, 0.5) is 13.6 Å². The number of halogens is 2. The van der Waals surface area contributed by atoms with E-state index in [4.69, 9.17) is 4.74 Å². The molecule has 3 saturated heterocycles. The SMILES string of the molecule is CC(C)(C)OC(=O)N[C@H]1CC[C@H](CNCCC(F)F)C[C@H]2CC[C@@H](C(=O)N3C[C@H](c4ccccc4)CC34CC4)N2C1=O. The first kappa shape index (κ1) is 30.7. The maximum Gasteiger partial charge on any atom is 0.408 e. The second-order valence-electron chi connectivity index (χ2n) is 13.7. The van der Waals surface area contributed by atoms with Crippen molar-refractivity contribution in [2.75, 3.05) is 19.6 Å². The molecule has 10 heteroatoms. The molecule has 0 radical (unpaired) electrons. The number of nitrogens with zero attached hydrogens (tertiary/aromatic N) is 2. The molecule has 5 rings (SSSR count). The Morgan fingerprint density at radius 2 is 1.83 bits per heavy atom. The Labute approximate surface area is 247 Å². The summed E-state index contributed by atoms with van der Waals surface area (Å²) < 4.78 is 30.8. The summed E-state index contributed by atoms with van der Waals surface area (Å²) in [5.41, 5.74) is 0.409. The molecular formula is C32H46F2N4O4. The fourth-order valence-electron chi connectivity index (χ4n) is 7.30. The highest BCUT2D eigenvalue weighted by Crippen LogP contribution is 2.54. The highest BCUT2D eigenvalue weighted by atomic mass is 19.3. The minimum absolute atomic E-state index is 0.0185. The maximum atomic E-state index is 14.3. The Kier molecular flexibility index (Phi) is 9.11. The molecule has 1 spiro atoms. The van der Waals surface area contributed by atoms with Crippen molar-refractivity contribution in [1.82, 2.24) is 20.4 Å². The van der Waals surface area contributed by atoms with Crippen molar-refractivity contribution in [1.29, 1.82) is 0 Å². The summed E-state index contributed by atoms with van der Waals surface area (Å²) in [5, 5.41) is 5.96. The molecule has 0 aromatic heterocycles. The summed E-state index contributed by atoms with van der Waals surface area (Å²) in [6.07, 6.45) is 2.75. The lowest BCUT2D eigenvalue weighted by Gasteiger charge is -2.39. The third-order valence-electron chi connectivity index (χ3n) is 9.44. The third-order valence-corrected chi connectivity index (χ3v) is 9.44. The van der Waals surface area contributed by atoms with Crippen LogP contribution in [0.3, 0.4) is 0 Å². The zero-order valence-corrected chi connectivity index (χ0v) is 25.1. The zero-order valence-electron chi connectivity index (χ0n) is 25.1. The van der Waals surface area contributed by atoms with Gasteiger partial charge in [0.25, 0.3) is 0 Å². The van der Waals surface area contributed by atoms with Crippen LogP contribution in [-0.4, -0.2) is 83.0 Å². The highest BCUT2D eigenvalue weighted by molar-refractivity contribution is 5.93. The molecule has 3 aliphatic heterocycles. The molecule has 4 aliphatic rings. The average Bonchev–Trinajstić information content (AvgIpc) is 3.41. The summed E-state index contributed by atoms with van der Waals surface area (Å²) >= 11 is 0. The van der Waals surface area contributed by atoms with Gasteiger partial charge in [0.2, 0.25) is 18.2 Å². The molecule has 0 bridgehead atoms. The number of fused-ring (bicyclic) bond motifs is 1. The van der Waals surface area contributed by atoms with E-state index in [1.165, 1.54) is 5.56 Å². The second-order valence-corrected chi connectivity index (χ2v) is 13.7. The largest absolute Gasteiger partial charge is 0.444 e. The van der Waals surface area contributed by atoms with Crippen molar-refractivity contribution >= 4 is 17.9 Å². The predicted molar refractivity (Wildman–Crippen MR) is 155 cm³/mol. The molecule has 1 saturated carbocycles. The van der Waals surface area contributed by atoms with Crippen LogP contribution in [0.25, 0.3) is 0 Å². The number of ether oxygens (including phenoxy) is 1. The number of alkyl halides is 2. The van der Waals surface area contributed by atoms with Crippen LogP contribution in [0.15, 0.2) is 30.3 Å². The van der Waals surface area contributed by atoms with E-state index in [2.05, 4.69) is 27.7 Å². The smallest absolute Gasteiger partial charge is 0.408 e. The van der Waals surface area contributed by atoms with E-state index in [1.54, 1.807) is 25.7 Å². The van der Waals surface area contributed by atoms with Crippen molar-refractivity contribution in [2.24, 2.45) is 5.92 Å². The predicted octanol–water partition coefficient (Wildman–Crippen LogP) is 4.83.